The molecule has 0 unspecified atom stereocenters. The number of fused-ring (bicyclic) bond motifs is 1. The molecule has 100 valence electrons. The van der Waals surface area contributed by atoms with Gasteiger partial charge in [0.05, 0.1) is 5.52 Å². The van der Waals surface area contributed by atoms with Crippen molar-refractivity contribution >= 4 is 22.7 Å². The maximum Gasteiger partial charge on any atom is 0.222 e. The zero-order valence-corrected chi connectivity index (χ0v) is 11.2. The van der Waals surface area contributed by atoms with Crippen LogP contribution in [0.5, 0.6) is 0 Å². The van der Waals surface area contributed by atoms with E-state index in [1.165, 1.54) is 0 Å². The third-order valence-corrected chi connectivity index (χ3v) is 3.10. The molecule has 2 N–H and O–H groups in total. The van der Waals surface area contributed by atoms with Crippen LogP contribution in [-0.4, -0.2) is 22.0 Å². The van der Waals surface area contributed by atoms with Gasteiger partial charge in [-0.05, 0) is 23.8 Å². The van der Waals surface area contributed by atoms with Crippen LogP contribution >= 0.6 is 0 Å². The minimum absolute atomic E-state index is 0.289. The molecular formula is C15H15N5. The Balaban J connectivity index is 2.01. The number of hydrogen-bond donors (Lipinski definition) is 1. The van der Waals surface area contributed by atoms with Crippen molar-refractivity contribution in [2.24, 2.45) is 0 Å². The molecule has 0 fully saturated rings. The number of pyridine rings is 1. The van der Waals surface area contributed by atoms with E-state index in [0.29, 0.717) is 6.54 Å². The Morgan fingerprint density at radius 1 is 1.10 bits per heavy atom. The second-order valence-corrected chi connectivity index (χ2v) is 4.64. The van der Waals surface area contributed by atoms with Crippen molar-refractivity contribution in [1.29, 1.82) is 0 Å². The Bertz CT molecular complexity index is 727. The summed E-state index contributed by atoms with van der Waals surface area (Å²) in [6.07, 6.45) is 3.62. The highest BCUT2D eigenvalue weighted by molar-refractivity contribution is 5.90. The predicted octanol–water partition coefficient (Wildman–Crippen LogP) is 2.24. The van der Waals surface area contributed by atoms with Crippen molar-refractivity contribution in [3.63, 3.8) is 0 Å². The smallest absolute Gasteiger partial charge is 0.222 e. The molecule has 0 saturated heterocycles. The zero-order chi connectivity index (χ0) is 13.9. The molecule has 0 bridgehead atoms. The molecule has 0 aliphatic rings. The Morgan fingerprint density at radius 2 is 1.95 bits per heavy atom. The highest BCUT2D eigenvalue weighted by Gasteiger charge is 2.10. The highest BCUT2D eigenvalue weighted by atomic mass is 15.2. The van der Waals surface area contributed by atoms with E-state index in [2.05, 4.69) is 19.9 Å². The fraction of sp³-hybridized carbons (Fsp3) is 0.133. The van der Waals surface area contributed by atoms with Gasteiger partial charge in [0.1, 0.15) is 5.82 Å². The number of para-hydroxylation sites is 1. The molecule has 2 heterocycles. The standard InChI is InChI=1S/C15H15N5/c1-20(10-11-5-4-8-17-9-11)14-12-6-2-3-7-13(12)18-15(16)19-14/h2-9H,10H2,1H3,(H2,16,18,19). The molecule has 5 heteroatoms. The molecule has 0 radical (unpaired) electrons. The maximum atomic E-state index is 5.79. The average Bonchev–Trinajstić information content (AvgIpc) is 2.47. The normalized spacial score (nSPS) is 10.7. The van der Waals surface area contributed by atoms with Gasteiger partial charge in [-0.3, -0.25) is 4.98 Å². The fourth-order valence-corrected chi connectivity index (χ4v) is 2.21. The van der Waals surface area contributed by atoms with Crippen LogP contribution in [0.15, 0.2) is 48.8 Å². The molecule has 0 aliphatic heterocycles. The Labute approximate surface area is 117 Å². The van der Waals surface area contributed by atoms with Crippen LogP contribution in [0.2, 0.25) is 0 Å². The lowest BCUT2D eigenvalue weighted by Gasteiger charge is -2.20. The molecule has 3 rings (SSSR count). The summed E-state index contributed by atoms with van der Waals surface area (Å²) >= 11 is 0. The quantitative estimate of drug-likeness (QED) is 0.786. The molecule has 5 nitrogen and oxygen atoms in total. The number of rotatable bonds is 3. The number of aromatic nitrogens is 3. The van der Waals surface area contributed by atoms with Crippen LogP contribution in [0.3, 0.4) is 0 Å². The third kappa shape index (κ3) is 2.38. The second kappa shape index (κ2) is 5.13. The van der Waals surface area contributed by atoms with Crippen LogP contribution in [0.4, 0.5) is 11.8 Å². The van der Waals surface area contributed by atoms with Crippen LogP contribution in [0, 0.1) is 0 Å². The van der Waals surface area contributed by atoms with E-state index < -0.39 is 0 Å². The minimum atomic E-state index is 0.289. The van der Waals surface area contributed by atoms with Crippen LogP contribution < -0.4 is 10.6 Å². The van der Waals surface area contributed by atoms with Crippen molar-refractivity contribution in [2.75, 3.05) is 17.7 Å². The first kappa shape index (κ1) is 12.3. The van der Waals surface area contributed by atoms with Crippen LogP contribution in [0.25, 0.3) is 10.9 Å². The van der Waals surface area contributed by atoms with E-state index in [-0.39, 0.29) is 5.95 Å². The van der Waals surface area contributed by atoms with Crippen LogP contribution in [-0.2, 0) is 6.54 Å². The number of nitrogen functional groups attached to an aromatic ring is 1. The van der Waals surface area contributed by atoms with Gasteiger partial charge in [-0.25, -0.2) is 4.98 Å². The van der Waals surface area contributed by atoms with Gasteiger partial charge in [0.15, 0.2) is 0 Å². The molecule has 2 aromatic heterocycles. The van der Waals surface area contributed by atoms with E-state index in [9.17, 15) is 0 Å². The van der Waals surface area contributed by atoms with E-state index in [1.807, 2.05) is 49.6 Å². The van der Waals surface area contributed by atoms with Crippen molar-refractivity contribution in [3.8, 4) is 0 Å². The first-order valence-electron chi connectivity index (χ1n) is 6.36. The van der Waals surface area contributed by atoms with Crippen LogP contribution in [0.1, 0.15) is 5.56 Å². The van der Waals surface area contributed by atoms with E-state index in [0.717, 1.165) is 22.3 Å². The molecule has 0 spiro atoms. The largest absolute Gasteiger partial charge is 0.368 e. The molecule has 0 saturated carbocycles. The Hall–Kier alpha value is -2.69. The van der Waals surface area contributed by atoms with Gasteiger partial charge in [-0.2, -0.15) is 4.98 Å². The zero-order valence-electron chi connectivity index (χ0n) is 11.2. The monoisotopic (exact) mass is 265 g/mol. The number of hydrogen-bond acceptors (Lipinski definition) is 5. The van der Waals surface area contributed by atoms with Crippen molar-refractivity contribution in [3.05, 3.63) is 54.4 Å². The lowest BCUT2D eigenvalue weighted by atomic mass is 10.2. The van der Waals surface area contributed by atoms with Gasteiger partial charge in [-0.15, -0.1) is 0 Å². The van der Waals surface area contributed by atoms with Gasteiger partial charge >= 0.3 is 0 Å². The summed E-state index contributed by atoms with van der Waals surface area (Å²) in [5, 5.41) is 0.994. The summed E-state index contributed by atoms with van der Waals surface area (Å²) in [5.41, 5.74) is 7.77. The summed E-state index contributed by atoms with van der Waals surface area (Å²) in [7, 11) is 1.99. The Kier molecular flexibility index (Phi) is 3.16. The summed E-state index contributed by atoms with van der Waals surface area (Å²) in [5.74, 6) is 1.12. The summed E-state index contributed by atoms with van der Waals surface area (Å²) in [4.78, 5) is 14.8. The molecular weight excluding hydrogens is 250 g/mol. The highest BCUT2D eigenvalue weighted by Crippen LogP contribution is 2.24. The predicted molar refractivity (Wildman–Crippen MR) is 80.3 cm³/mol. The third-order valence-electron chi connectivity index (χ3n) is 3.10. The first-order chi connectivity index (χ1) is 9.74. The summed E-state index contributed by atoms with van der Waals surface area (Å²) in [6.45, 7) is 0.717. The number of nitrogens with two attached hydrogens (primary N) is 1. The lowest BCUT2D eigenvalue weighted by molar-refractivity contribution is 0.896. The molecule has 1 aromatic carbocycles. The van der Waals surface area contributed by atoms with Crippen molar-refractivity contribution < 1.29 is 0 Å². The summed E-state index contributed by atoms with van der Waals surface area (Å²) in [6, 6.07) is 11.8. The molecule has 0 amide bonds. The van der Waals surface area contributed by atoms with Crippen molar-refractivity contribution in [1.82, 2.24) is 15.0 Å². The van der Waals surface area contributed by atoms with Crippen molar-refractivity contribution in [2.45, 2.75) is 6.54 Å². The molecule has 20 heavy (non-hydrogen) atoms. The minimum Gasteiger partial charge on any atom is -0.368 e. The van der Waals surface area contributed by atoms with Gasteiger partial charge in [0, 0.05) is 31.4 Å². The second-order valence-electron chi connectivity index (χ2n) is 4.64. The van der Waals surface area contributed by atoms with Gasteiger partial charge in [-0.1, -0.05) is 18.2 Å². The maximum absolute atomic E-state index is 5.79. The molecule has 0 aliphatic carbocycles. The lowest BCUT2D eigenvalue weighted by Crippen LogP contribution is -2.19. The number of nitrogens with zero attached hydrogens (tertiary/aromatic N) is 4. The van der Waals surface area contributed by atoms with Gasteiger partial charge < -0.3 is 10.6 Å². The topological polar surface area (TPSA) is 67.9 Å². The Morgan fingerprint density at radius 3 is 2.75 bits per heavy atom. The SMILES string of the molecule is CN(Cc1cccnc1)c1nc(N)nc2ccccc12. The molecule has 0 atom stereocenters. The summed E-state index contributed by atoms with van der Waals surface area (Å²) < 4.78 is 0. The van der Waals surface area contributed by atoms with E-state index >= 15 is 0 Å². The first-order valence-corrected chi connectivity index (χ1v) is 6.36. The average molecular weight is 265 g/mol. The number of anilines is 2. The van der Waals surface area contributed by atoms with Gasteiger partial charge in [0.25, 0.3) is 0 Å². The number of benzene rings is 1. The van der Waals surface area contributed by atoms with E-state index in [1.54, 1.807) is 6.20 Å². The van der Waals surface area contributed by atoms with E-state index in [4.69, 9.17) is 5.73 Å². The fourth-order valence-electron chi connectivity index (χ4n) is 2.21. The van der Waals surface area contributed by atoms with Gasteiger partial charge in [0.2, 0.25) is 5.95 Å². The molecule has 3 aromatic rings.